The van der Waals surface area contributed by atoms with Crippen LogP contribution in [-0.2, 0) is 27.9 Å². The van der Waals surface area contributed by atoms with Gasteiger partial charge in [0, 0.05) is 31.3 Å². The van der Waals surface area contributed by atoms with Crippen LogP contribution in [0.5, 0.6) is 5.75 Å². The number of ketones is 2. The summed E-state index contributed by atoms with van der Waals surface area (Å²) in [5.74, 6) is -7.59. The molecule has 1 heterocycles. The van der Waals surface area contributed by atoms with E-state index in [-0.39, 0.29) is 42.0 Å². The van der Waals surface area contributed by atoms with Crippen LogP contribution in [0.25, 0.3) is 0 Å². The number of aryl methyl sites for hydroxylation is 1. The Hall–Kier alpha value is -5.82. The van der Waals surface area contributed by atoms with E-state index in [1.807, 2.05) is 11.7 Å². The number of amides is 2. The van der Waals surface area contributed by atoms with Crippen molar-refractivity contribution in [2.45, 2.75) is 82.3 Å². The molecule has 0 unspecified atom stereocenters. The maximum atomic E-state index is 14.4. The molecule has 0 aliphatic heterocycles. The van der Waals surface area contributed by atoms with Crippen molar-refractivity contribution in [3.63, 3.8) is 0 Å². The zero-order valence-electron chi connectivity index (χ0n) is 38.0. The number of carbonyl (C=O) groups is 4. The van der Waals surface area contributed by atoms with Gasteiger partial charge in [-0.2, -0.15) is 0 Å². The number of nitrogens with zero attached hydrogens (tertiary/aromatic N) is 4. The molecule has 14 nitrogen and oxygen atoms in total. The standard InChI is InChI=1S/C50H63N6O8P/c1-54(2)38-28-37(44(58)41-35(38)26-31-27-36-43(55(3)4)46(60)42(49(51)63)48(62)50(36,64)47(61)40(31)45(41)59)53-39(57)24-18-10-8-6-7-9-11-19-25-65(32-20-14-12-15-21-32,33-22-16-13-17-23-33)34-29-52-56(5)30-34/h12-17,20-23,28-31,36,43,58,60-61,64-65H,6-11,18-19,24-27H2,1-5H3,(H2,51,63)(H,53,57)/t31-,36-,43-,50-/m0/s1. The molecular formula is C50H63N6O8P. The second-order valence-corrected chi connectivity index (χ2v) is 22.5. The number of anilines is 2. The number of fused-ring (bicyclic) bond motifs is 3. The number of phenolic OH excluding ortho intramolecular Hbond substituents is 1. The van der Waals surface area contributed by atoms with Gasteiger partial charge in [-0.25, -0.2) is 0 Å². The minimum Gasteiger partial charge on any atom is -0.510 e. The summed E-state index contributed by atoms with van der Waals surface area (Å²) in [5.41, 5.74) is 2.52. The van der Waals surface area contributed by atoms with Crippen molar-refractivity contribution in [2.75, 3.05) is 44.6 Å². The van der Waals surface area contributed by atoms with Gasteiger partial charge in [0.1, 0.15) is 17.1 Å². The Morgan fingerprint density at radius 1 is 0.877 bits per heavy atom. The Morgan fingerprint density at radius 2 is 1.46 bits per heavy atom. The van der Waals surface area contributed by atoms with Crippen LogP contribution in [0.2, 0.25) is 0 Å². The van der Waals surface area contributed by atoms with Crippen LogP contribution in [0.1, 0.15) is 80.1 Å². The van der Waals surface area contributed by atoms with Crippen LogP contribution in [0.3, 0.4) is 0 Å². The quantitative estimate of drug-likeness (QED) is 0.0335. The van der Waals surface area contributed by atoms with E-state index in [4.69, 9.17) is 5.73 Å². The molecule has 2 amide bonds. The smallest absolute Gasteiger partial charge is 0.255 e. The van der Waals surface area contributed by atoms with Gasteiger partial charge in [-0.3, -0.25) is 19.3 Å². The molecule has 7 N–H and O–H groups in total. The maximum absolute atomic E-state index is 14.4. The fraction of sp³-hybridized carbons (Fsp3) is 0.420. The molecule has 65 heavy (non-hydrogen) atoms. The van der Waals surface area contributed by atoms with Gasteiger partial charge in [0.25, 0.3) is 5.91 Å². The third-order valence-corrected chi connectivity index (χ3v) is 18.9. The number of likely N-dealkylation sites (N-methyl/N-ethyl adjacent to an activating group) is 1. The molecule has 0 bridgehead atoms. The summed E-state index contributed by atoms with van der Waals surface area (Å²) in [4.78, 5) is 57.0. The Balaban J connectivity index is 0.956. The Kier molecular flexibility index (Phi) is 14.0. The molecule has 3 aromatic carbocycles. The third kappa shape index (κ3) is 8.71. The number of hydrogen-bond acceptors (Lipinski definition) is 11. The predicted molar refractivity (Wildman–Crippen MR) is 256 cm³/mol. The zero-order chi connectivity index (χ0) is 46.8. The molecule has 0 spiro atoms. The summed E-state index contributed by atoms with van der Waals surface area (Å²) in [6.07, 6.45) is 13.7. The van der Waals surface area contributed by atoms with Crippen molar-refractivity contribution in [1.82, 2.24) is 14.7 Å². The first-order valence-electron chi connectivity index (χ1n) is 22.6. The van der Waals surface area contributed by atoms with Crippen molar-refractivity contribution < 1.29 is 39.6 Å². The van der Waals surface area contributed by atoms with E-state index >= 15 is 0 Å². The number of nitrogens with two attached hydrogens (primary N) is 1. The summed E-state index contributed by atoms with van der Waals surface area (Å²) in [5, 5.41) is 57.8. The average Bonchev–Trinajstić information content (AvgIpc) is 3.71. The van der Waals surface area contributed by atoms with Gasteiger partial charge < -0.3 is 31.1 Å². The van der Waals surface area contributed by atoms with Gasteiger partial charge >= 0.3 is 193 Å². The van der Waals surface area contributed by atoms with E-state index in [1.165, 1.54) is 20.8 Å². The number of aliphatic hydroxyl groups is 3. The molecule has 346 valence electrons. The largest absolute Gasteiger partial charge is 0.510 e. The molecule has 0 saturated carbocycles. The summed E-state index contributed by atoms with van der Waals surface area (Å²) >= 11 is 0. The number of hydrogen-bond donors (Lipinski definition) is 6. The summed E-state index contributed by atoms with van der Waals surface area (Å²) in [7, 11) is 6.40. The van der Waals surface area contributed by atoms with Crippen LogP contribution in [0, 0.1) is 11.8 Å². The van der Waals surface area contributed by atoms with Crippen LogP contribution in [0.4, 0.5) is 11.4 Å². The molecule has 0 radical (unpaired) electrons. The van der Waals surface area contributed by atoms with Crippen molar-refractivity contribution in [3.8, 4) is 5.75 Å². The molecule has 15 heteroatoms. The Bertz CT molecular complexity index is 2480. The SMILES string of the molecule is CN(C)c1cc(NC(=O)CCCCCCCCCC[PH](c2ccccc2)(c2ccccc2)c2cnn(C)c2)c(O)c2c1C[C@H]1C[C@H]3[C@H](N(C)C)C(O)=C(C(N)=O)C(=O)[C@@]3(O)C(O)=C1C2=O. The number of primary amides is 1. The molecule has 0 saturated heterocycles. The van der Waals surface area contributed by atoms with Gasteiger partial charge in [-0.1, -0.05) is 0 Å². The van der Waals surface area contributed by atoms with Crippen molar-refractivity contribution in [1.29, 1.82) is 0 Å². The molecule has 4 aromatic rings. The first-order chi connectivity index (χ1) is 31.0. The first kappa shape index (κ1) is 47.2. The fourth-order valence-corrected chi connectivity index (χ4v) is 15.6. The number of carbonyl (C=O) groups excluding carboxylic acids is 4. The Morgan fingerprint density at radius 3 is 2.00 bits per heavy atom. The van der Waals surface area contributed by atoms with E-state index in [0.29, 0.717) is 17.7 Å². The molecule has 4 atom stereocenters. The molecule has 3 aliphatic rings. The van der Waals surface area contributed by atoms with E-state index in [1.54, 1.807) is 39.2 Å². The normalized spacial score (nSPS) is 20.9. The minimum atomic E-state index is -2.74. The van der Waals surface area contributed by atoms with Gasteiger partial charge in [0.15, 0.2) is 17.1 Å². The number of rotatable bonds is 18. The summed E-state index contributed by atoms with van der Waals surface area (Å²) in [6.45, 7) is 0. The second kappa shape index (κ2) is 19.3. The predicted octanol–water partition coefficient (Wildman–Crippen LogP) is 5.10. The maximum Gasteiger partial charge on any atom is 0.255 e. The van der Waals surface area contributed by atoms with Crippen LogP contribution < -0.4 is 31.9 Å². The van der Waals surface area contributed by atoms with Crippen molar-refractivity contribution in [2.24, 2.45) is 24.6 Å². The number of phenols is 1. The monoisotopic (exact) mass is 906 g/mol. The molecule has 7 rings (SSSR count). The number of unbranched alkanes of at least 4 members (excludes halogenated alkanes) is 7. The van der Waals surface area contributed by atoms with Gasteiger partial charge in [-0.05, 0) is 44.5 Å². The van der Waals surface area contributed by atoms with Crippen LogP contribution in [-0.4, -0.2) is 104 Å². The number of Topliss-reactive ketones (excluding diaryl/α,β-unsaturated/α-hetero) is 2. The Labute approximate surface area is 381 Å². The van der Waals surface area contributed by atoms with E-state index in [9.17, 15) is 39.6 Å². The number of benzene rings is 3. The number of aliphatic hydroxyl groups excluding tert-OH is 2. The minimum absolute atomic E-state index is 0.0176. The second-order valence-electron chi connectivity index (χ2n) is 18.4. The summed E-state index contributed by atoms with van der Waals surface area (Å²) < 4.78 is 1.91. The topological polar surface area (TPSA) is 212 Å². The van der Waals surface area contributed by atoms with Gasteiger partial charge in [0.2, 0.25) is 5.78 Å². The van der Waals surface area contributed by atoms with E-state index < -0.39 is 71.1 Å². The summed E-state index contributed by atoms with van der Waals surface area (Å²) in [6, 6.07) is 22.3. The first-order valence-corrected chi connectivity index (χ1v) is 24.9. The van der Waals surface area contributed by atoms with Crippen LogP contribution in [0.15, 0.2) is 102 Å². The fourth-order valence-electron chi connectivity index (χ4n) is 10.8. The van der Waals surface area contributed by atoms with Gasteiger partial charge in [-0.15, -0.1) is 0 Å². The third-order valence-electron chi connectivity index (χ3n) is 13.9. The van der Waals surface area contributed by atoms with Crippen molar-refractivity contribution in [3.05, 3.63) is 113 Å². The molecule has 1 aromatic heterocycles. The van der Waals surface area contributed by atoms with Gasteiger partial charge in [0.05, 0.1) is 17.3 Å². The molecule has 3 aliphatic carbocycles. The van der Waals surface area contributed by atoms with Crippen molar-refractivity contribution >= 4 is 57.9 Å². The molecule has 0 fully saturated rings. The van der Waals surface area contributed by atoms with Crippen LogP contribution >= 0.6 is 7.26 Å². The average molecular weight is 907 g/mol. The number of aromatic hydroxyl groups is 1. The van der Waals surface area contributed by atoms with E-state index in [0.717, 1.165) is 51.1 Å². The number of aromatic nitrogens is 2. The number of nitrogens with one attached hydrogen (secondary N) is 1. The molecular weight excluding hydrogens is 844 g/mol. The number of allylic oxidation sites excluding steroid dienone is 1. The zero-order valence-corrected chi connectivity index (χ0v) is 39.0. The van der Waals surface area contributed by atoms with E-state index in [2.05, 4.69) is 83.5 Å².